The first-order valence-corrected chi connectivity index (χ1v) is 13.0. The van der Waals surface area contributed by atoms with E-state index in [4.69, 9.17) is 9.90 Å². The number of anilines is 2. The largest absolute Gasteiger partial charge is 0.490 e. The summed E-state index contributed by atoms with van der Waals surface area (Å²) in [6.07, 6.45) is -7.80. The van der Waals surface area contributed by atoms with Gasteiger partial charge in [-0.05, 0) is 47.9 Å². The Morgan fingerprint density at radius 3 is 1.98 bits per heavy atom. The van der Waals surface area contributed by atoms with E-state index < -0.39 is 41.8 Å². The van der Waals surface area contributed by atoms with Gasteiger partial charge in [0.1, 0.15) is 6.04 Å². The lowest BCUT2D eigenvalue weighted by molar-refractivity contribution is -0.192. The molecule has 0 saturated carbocycles. The second kappa shape index (κ2) is 13.5. The normalized spacial score (nSPS) is 12.2. The molecule has 0 unspecified atom stereocenters. The van der Waals surface area contributed by atoms with Crippen molar-refractivity contribution in [1.29, 1.82) is 0 Å². The lowest BCUT2D eigenvalue weighted by Gasteiger charge is -2.13. The van der Waals surface area contributed by atoms with Crippen LogP contribution >= 0.6 is 11.3 Å². The van der Waals surface area contributed by atoms with Gasteiger partial charge in [0.15, 0.2) is 10.8 Å². The molecule has 0 fully saturated rings. The monoisotopic (exact) mass is 628 g/mol. The number of hydrogen-bond acceptors (Lipinski definition) is 7. The Kier molecular flexibility index (Phi) is 10.3. The molecule has 2 aromatic carbocycles. The first-order valence-electron chi connectivity index (χ1n) is 12.2. The molecule has 0 aliphatic rings. The second-order valence-electron chi connectivity index (χ2n) is 8.80. The van der Waals surface area contributed by atoms with Crippen molar-refractivity contribution in [3.8, 4) is 11.1 Å². The summed E-state index contributed by atoms with van der Waals surface area (Å²) in [6, 6.07) is 14.2. The third kappa shape index (κ3) is 9.13. The summed E-state index contributed by atoms with van der Waals surface area (Å²) < 4.78 is 70.8. The highest BCUT2D eigenvalue weighted by atomic mass is 32.1. The average molecular weight is 629 g/mol. The number of halogens is 6. The molecule has 0 bridgehead atoms. The van der Waals surface area contributed by atoms with E-state index in [1.165, 1.54) is 0 Å². The summed E-state index contributed by atoms with van der Waals surface area (Å²) >= 11 is 1.08. The molecule has 2 aromatic heterocycles. The van der Waals surface area contributed by atoms with Gasteiger partial charge in [0.05, 0.1) is 10.3 Å². The predicted molar refractivity (Wildman–Crippen MR) is 145 cm³/mol. The zero-order valence-corrected chi connectivity index (χ0v) is 22.8. The smallest absolute Gasteiger partial charge is 0.480 e. The van der Waals surface area contributed by atoms with Crippen LogP contribution in [0.3, 0.4) is 0 Å². The number of amides is 1. The highest BCUT2D eigenvalue weighted by Crippen LogP contribution is 2.34. The van der Waals surface area contributed by atoms with Crippen LogP contribution in [-0.2, 0) is 15.8 Å². The summed E-state index contributed by atoms with van der Waals surface area (Å²) in [4.78, 5) is 40.6. The maximum absolute atomic E-state index is 12.9. The molecule has 228 valence electrons. The first-order chi connectivity index (χ1) is 20.1. The highest BCUT2D eigenvalue weighted by Gasteiger charge is 2.38. The lowest BCUT2D eigenvalue weighted by Crippen LogP contribution is -2.40. The first kappa shape index (κ1) is 32.8. The molecule has 4 aromatic rings. The zero-order chi connectivity index (χ0) is 31.9. The molecule has 4 N–H and O–H groups in total. The number of fused-ring (bicyclic) bond motifs is 1. The van der Waals surface area contributed by atoms with Gasteiger partial charge in [0.2, 0.25) is 0 Å². The Bertz CT molecular complexity index is 1590. The minimum atomic E-state index is -5.08. The summed E-state index contributed by atoms with van der Waals surface area (Å²) in [7, 11) is 0. The molecule has 1 atom stereocenters. The number of carbonyl (C=O) groups is 3. The summed E-state index contributed by atoms with van der Waals surface area (Å²) in [5.74, 6) is -4.27. The van der Waals surface area contributed by atoms with E-state index >= 15 is 0 Å². The van der Waals surface area contributed by atoms with E-state index in [9.17, 15) is 41.0 Å². The molecule has 0 aliphatic heterocycles. The van der Waals surface area contributed by atoms with Crippen LogP contribution in [-0.4, -0.2) is 50.2 Å². The zero-order valence-electron chi connectivity index (χ0n) is 22.0. The molecule has 4 rings (SSSR count). The molecule has 43 heavy (non-hydrogen) atoms. The fourth-order valence-electron chi connectivity index (χ4n) is 3.50. The third-order valence-corrected chi connectivity index (χ3v) is 6.52. The quantitative estimate of drug-likeness (QED) is 0.157. The maximum Gasteiger partial charge on any atom is 0.490 e. The van der Waals surface area contributed by atoms with Crippen LogP contribution < -0.4 is 10.6 Å². The van der Waals surface area contributed by atoms with Crippen LogP contribution in [0.2, 0.25) is 0 Å². The van der Waals surface area contributed by atoms with Crippen LogP contribution in [0.5, 0.6) is 0 Å². The van der Waals surface area contributed by atoms with Crippen molar-refractivity contribution in [3.05, 3.63) is 71.9 Å². The van der Waals surface area contributed by atoms with Crippen molar-refractivity contribution in [2.75, 3.05) is 5.32 Å². The Morgan fingerprint density at radius 2 is 1.49 bits per heavy atom. The number of pyridine rings is 1. The van der Waals surface area contributed by atoms with Crippen molar-refractivity contribution in [2.24, 2.45) is 0 Å². The Labute approximate surface area is 243 Å². The molecule has 16 heteroatoms. The molecule has 0 saturated heterocycles. The molecule has 0 radical (unpaired) electrons. The van der Waals surface area contributed by atoms with Crippen molar-refractivity contribution < 1.29 is 50.9 Å². The van der Waals surface area contributed by atoms with Gasteiger partial charge in [-0.15, -0.1) is 0 Å². The predicted octanol–water partition coefficient (Wildman–Crippen LogP) is 6.74. The van der Waals surface area contributed by atoms with Gasteiger partial charge in [-0.1, -0.05) is 48.9 Å². The van der Waals surface area contributed by atoms with Gasteiger partial charge in [0.25, 0.3) is 5.91 Å². The van der Waals surface area contributed by atoms with Crippen LogP contribution in [0.4, 0.5) is 37.2 Å². The van der Waals surface area contributed by atoms with Gasteiger partial charge in [-0.3, -0.25) is 4.79 Å². The lowest BCUT2D eigenvalue weighted by atomic mass is 10.0. The van der Waals surface area contributed by atoms with E-state index in [2.05, 4.69) is 20.6 Å². The summed E-state index contributed by atoms with van der Waals surface area (Å²) in [6.45, 7) is 1.85. The molecule has 2 heterocycles. The number of nitrogens with one attached hydrogen (secondary N) is 2. The number of rotatable bonds is 8. The Morgan fingerprint density at radius 1 is 0.930 bits per heavy atom. The number of thiazole rings is 1. The van der Waals surface area contributed by atoms with Crippen LogP contribution in [0.15, 0.2) is 60.8 Å². The number of nitrogens with zero attached hydrogens (tertiary/aromatic N) is 2. The highest BCUT2D eigenvalue weighted by molar-refractivity contribution is 7.22. The van der Waals surface area contributed by atoms with Crippen molar-refractivity contribution in [3.63, 3.8) is 0 Å². The van der Waals surface area contributed by atoms with E-state index in [0.29, 0.717) is 33.9 Å². The molecule has 0 spiro atoms. The number of carboxylic acid groups (broad SMARTS) is 2. The summed E-state index contributed by atoms with van der Waals surface area (Å²) in [5.41, 5.74) is 2.20. The molecule has 1 amide bonds. The number of hydrogen-bond donors (Lipinski definition) is 4. The van der Waals surface area contributed by atoms with Crippen molar-refractivity contribution in [2.45, 2.75) is 38.2 Å². The summed E-state index contributed by atoms with van der Waals surface area (Å²) in [5, 5.41) is 22.4. The van der Waals surface area contributed by atoms with Crippen LogP contribution in [0.1, 0.15) is 35.7 Å². The second-order valence-corrected chi connectivity index (χ2v) is 9.83. The number of carbonyl (C=O) groups excluding carboxylic acids is 1. The number of aliphatic carboxylic acids is 2. The molecular formula is C27H22F6N4O5S. The third-order valence-electron chi connectivity index (χ3n) is 5.61. The molecule has 0 aliphatic carbocycles. The average Bonchev–Trinajstić information content (AvgIpc) is 3.34. The Hall–Kier alpha value is -4.73. The van der Waals surface area contributed by atoms with Gasteiger partial charge >= 0.3 is 24.3 Å². The maximum atomic E-state index is 12.9. The van der Waals surface area contributed by atoms with Crippen molar-refractivity contribution >= 4 is 50.3 Å². The number of benzene rings is 2. The van der Waals surface area contributed by atoms with Gasteiger partial charge in [-0.25, -0.2) is 14.6 Å². The minimum Gasteiger partial charge on any atom is -0.480 e. The van der Waals surface area contributed by atoms with Gasteiger partial charge < -0.3 is 20.8 Å². The van der Waals surface area contributed by atoms with Gasteiger partial charge in [-0.2, -0.15) is 31.3 Å². The van der Waals surface area contributed by atoms with Gasteiger partial charge in [0, 0.05) is 17.4 Å². The molecule has 9 nitrogen and oxygen atoms in total. The van der Waals surface area contributed by atoms with E-state index in [1.54, 1.807) is 36.4 Å². The van der Waals surface area contributed by atoms with E-state index in [-0.39, 0.29) is 5.65 Å². The molecular weight excluding hydrogens is 606 g/mol. The van der Waals surface area contributed by atoms with Crippen molar-refractivity contribution in [1.82, 2.24) is 15.3 Å². The minimum absolute atomic E-state index is 0.237. The Balaban J connectivity index is 0.000000646. The fraction of sp³-hybridized carbons (Fsp3) is 0.222. The standard InChI is InChI=1S/C25H21F3N4O3S.C2HF3O2/c1-2-3-19(23(34)35)31-22(33)16-6-4-14(5-7-16)15-8-10-18(11-9-15)30-24-32-21-20(36-24)12-17(13-29-21)25(26,27)28;3-2(4,5)1(6)7/h4-13,19H,2-3H2,1H3,(H,31,33)(H,34,35)(H,29,30,32);(H,6,7)/t19-;/m0./s1. The SMILES string of the molecule is CCC[C@H](NC(=O)c1ccc(-c2ccc(Nc3nc4ncc(C(F)(F)F)cc4s3)cc2)cc1)C(=O)O.O=C(O)C(F)(F)F. The van der Waals surface area contributed by atoms with E-state index in [0.717, 1.165) is 34.7 Å². The van der Waals surface area contributed by atoms with Crippen LogP contribution in [0, 0.1) is 0 Å². The fourth-order valence-corrected chi connectivity index (χ4v) is 4.38. The number of carboxylic acids is 2. The number of aromatic nitrogens is 2. The number of alkyl halides is 6. The topological polar surface area (TPSA) is 142 Å². The van der Waals surface area contributed by atoms with E-state index in [1.807, 2.05) is 19.1 Å². The van der Waals surface area contributed by atoms with Crippen LogP contribution in [0.25, 0.3) is 21.5 Å².